The Morgan fingerprint density at radius 1 is 1.37 bits per heavy atom. The molecule has 0 aromatic heterocycles. The first-order valence-electron chi connectivity index (χ1n) is 6.60. The van der Waals surface area contributed by atoms with E-state index >= 15 is 0 Å². The third-order valence-corrected chi connectivity index (χ3v) is 3.50. The van der Waals surface area contributed by atoms with Crippen molar-refractivity contribution in [3.8, 4) is 5.75 Å². The summed E-state index contributed by atoms with van der Waals surface area (Å²) >= 11 is 0. The molecule has 1 aromatic carbocycles. The lowest BCUT2D eigenvalue weighted by Crippen LogP contribution is -2.29. The third kappa shape index (κ3) is 4.24. The van der Waals surface area contributed by atoms with Crippen LogP contribution in [0.25, 0.3) is 0 Å². The van der Waals surface area contributed by atoms with Crippen molar-refractivity contribution in [3.63, 3.8) is 0 Å². The van der Waals surface area contributed by atoms with Gasteiger partial charge in [0.1, 0.15) is 5.75 Å². The smallest absolute Gasteiger partial charge is 0.344 e. The Morgan fingerprint density at radius 3 is 2.37 bits per heavy atom. The van der Waals surface area contributed by atoms with Crippen LogP contribution in [0, 0.1) is 0 Å². The molecular formula is C15H23NO3. The van der Waals surface area contributed by atoms with Crippen LogP contribution in [0.3, 0.4) is 0 Å². The fourth-order valence-electron chi connectivity index (χ4n) is 1.74. The summed E-state index contributed by atoms with van der Waals surface area (Å²) in [5.41, 5.74) is 6.71. The van der Waals surface area contributed by atoms with Gasteiger partial charge in [-0.25, -0.2) is 4.79 Å². The Kier molecular flexibility index (Phi) is 5.36. The first-order valence-corrected chi connectivity index (χ1v) is 6.60. The maximum Gasteiger partial charge on any atom is 0.344 e. The van der Waals surface area contributed by atoms with Gasteiger partial charge in [-0.3, -0.25) is 0 Å². The molecule has 0 aliphatic heterocycles. The zero-order valence-corrected chi connectivity index (χ0v) is 11.8. The summed E-state index contributed by atoms with van der Waals surface area (Å²) in [6, 6.07) is 7.61. The predicted octanol–water partition coefficient (Wildman–Crippen LogP) is 2.56. The van der Waals surface area contributed by atoms with Crippen molar-refractivity contribution in [2.75, 3.05) is 6.54 Å². The molecule has 19 heavy (non-hydrogen) atoms. The van der Waals surface area contributed by atoms with E-state index in [1.54, 1.807) is 0 Å². The lowest BCUT2D eigenvalue weighted by molar-refractivity contribution is -0.145. The summed E-state index contributed by atoms with van der Waals surface area (Å²) in [6.45, 7) is 6.79. The standard InChI is InChI=1S/C15H23NO3/c1-4-15(2,3)11-5-7-12(8-6-11)19-13(9-10-16)14(17)18/h5-8,13H,4,9-10,16H2,1-3H3,(H,17,18). The summed E-state index contributed by atoms with van der Waals surface area (Å²) in [6.07, 6.45) is 0.463. The molecular weight excluding hydrogens is 242 g/mol. The molecule has 106 valence electrons. The van der Waals surface area contributed by atoms with Crippen LogP contribution in [-0.4, -0.2) is 23.7 Å². The van der Waals surface area contributed by atoms with E-state index in [9.17, 15) is 4.79 Å². The van der Waals surface area contributed by atoms with Crippen LogP contribution in [0.4, 0.5) is 0 Å². The molecule has 3 N–H and O–H groups in total. The van der Waals surface area contributed by atoms with Gasteiger partial charge in [0.25, 0.3) is 0 Å². The predicted molar refractivity (Wildman–Crippen MR) is 75.5 cm³/mol. The van der Waals surface area contributed by atoms with Crippen LogP contribution < -0.4 is 10.5 Å². The van der Waals surface area contributed by atoms with Crippen LogP contribution in [0.5, 0.6) is 5.75 Å². The molecule has 0 aliphatic rings. The van der Waals surface area contributed by atoms with Gasteiger partial charge in [0, 0.05) is 6.42 Å². The van der Waals surface area contributed by atoms with Gasteiger partial charge >= 0.3 is 5.97 Å². The molecule has 1 unspecified atom stereocenters. The zero-order valence-electron chi connectivity index (χ0n) is 11.8. The molecule has 0 saturated heterocycles. The maximum atomic E-state index is 11.0. The van der Waals surface area contributed by atoms with E-state index in [4.69, 9.17) is 15.6 Å². The first-order chi connectivity index (χ1) is 8.90. The van der Waals surface area contributed by atoms with E-state index in [1.807, 2.05) is 24.3 Å². The fourth-order valence-corrected chi connectivity index (χ4v) is 1.74. The van der Waals surface area contributed by atoms with Crippen molar-refractivity contribution >= 4 is 5.97 Å². The van der Waals surface area contributed by atoms with Crippen molar-refractivity contribution in [3.05, 3.63) is 29.8 Å². The Morgan fingerprint density at radius 2 is 1.95 bits per heavy atom. The number of rotatable bonds is 7. The molecule has 1 atom stereocenters. The van der Waals surface area contributed by atoms with E-state index in [0.29, 0.717) is 12.2 Å². The van der Waals surface area contributed by atoms with Crippen LogP contribution >= 0.6 is 0 Å². The summed E-state index contributed by atoms with van der Waals surface area (Å²) in [5, 5.41) is 9.01. The number of carboxylic acids is 1. The van der Waals surface area contributed by atoms with Gasteiger partial charge in [0.15, 0.2) is 6.10 Å². The van der Waals surface area contributed by atoms with Gasteiger partial charge in [0.2, 0.25) is 0 Å². The molecule has 0 bridgehead atoms. The second kappa shape index (κ2) is 6.57. The van der Waals surface area contributed by atoms with E-state index < -0.39 is 12.1 Å². The van der Waals surface area contributed by atoms with E-state index in [-0.39, 0.29) is 12.0 Å². The Bertz CT molecular complexity index is 412. The second-order valence-electron chi connectivity index (χ2n) is 5.28. The Hall–Kier alpha value is -1.55. The highest BCUT2D eigenvalue weighted by molar-refractivity contribution is 5.72. The number of ether oxygens (including phenoxy) is 1. The molecule has 0 saturated carbocycles. The van der Waals surface area contributed by atoms with Crippen LogP contribution in [0.1, 0.15) is 39.2 Å². The summed E-state index contributed by atoms with van der Waals surface area (Å²) in [4.78, 5) is 11.0. The lowest BCUT2D eigenvalue weighted by atomic mass is 9.82. The number of nitrogens with two attached hydrogens (primary N) is 1. The van der Waals surface area contributed by atoms with E-state index in [0.717, 1.165) is 6.42 Å². The Balaban J connectivity index is 2.79. The van der Waals surface area contributed by atoms with Gasteiger partial charge in [-0.05, 0) is 36.1 Å². The van der Waals surface area contributed by atoms with Crippen molar-refractivity contribution in [1.29, 1.82) is 0 Å². The fraction of sp³-hybridized carbons (Fsp3) is 0.533. The molecule has 4 heteroatoms. The minimum absolute atomic E-state index is 0.113. The first kappa shape index (κ1) is 15.5. The molecule has 1 rings (SSSR count). The quantitative estimate of drug-likeness (QED) is 0.794. The monoisotopic (exact) mass is 265 g/mol. The van der Waals surface area contributed by atoms with Crippen LogP contribution in [0.2, 0.25) is 0 Å². The number of benzene rings is 1. The molecule has 4 nitrogen and oxygen atoms in total. The topological polar surface area (TPSA) is 72.5 Å². The largest absolute Gasteiger partial charge is 0.479 e. The van der Waals surface area contributed by atoms with Crippen molar-refractivity contribution in [1.82, 2.24) is 0 Å². The number of carbonyl (C=O) groups is 1. The highest BCUT2D eigenvalue weighted by atomic mass is 16.5. The van der Waals surface area contributed by atoms with E-state index in [1.165, 1.54) is 5.56 Å². The number of hydrogen-bond donors (Lipinski definition) is 2. The minimum atomic E-state index is -0.983. The average molecular weight is 265 g/mol. The highest BCUT2D eigenvalue weighted by Gasteiger charge is 2.20. The van der Waals surface area contributed by atoms with Gasteiger partial charge in [-0.15, -0.1) is 0 Å². The maximum absolute atomic E-state index is 11.0. The molecule has 0 aliphatic carbocycles. The molecule has 0 radical (unpaired) electrons. The lowest BCUT2D eigenvalue weighted by Gasteiger charge is -2.23. The van der Waals surface area contributed by atoms with Crippen molar-refractivity contribution < 1.29 is 14.6 Å². The highest BCUT2D eigenvalue weighted by Crippen LogP contribution is 2.28. The van der Waals surface area contributed by atoms with Crippen LogP contribution in [-0.2, 0) is 10.2 Å². The molecule has 0 spiro atoms. The number of hydrogen-bond acceptors (Lipinski definition) is 3. The third-order valence-electron chi connectivity index (χ3n) is 3.50. The zero-order chi connectivity index (χ0) is 14.5. The Labute approximate surface area is 114 Å². The molecule has 1 aromatic rings. The van der Waals surface area contributed by atoms with Gasteiger partial charge in [-0.2, -0.15) is 0 Å². The van der Waals surface area contributed by atoms with Crippen molar-refractivity contribution in [2.45, 2.75) is 45.1 Å². The molecule has 0 amide bonds. The van der Waals surface area contributed by atoms with Gasteiger partial charge < -0.3 is 15.6 Å². The SMILES string of the molecule is CCC(C)(C)c1ccc(OC(CCN)C(=O)O)cc1. The molecule has 0 heterocycles. The second-order valence-corrected chi connectivity index (χ2v) is 5.28. The van der Waals surface area contributed by atoms with Crippen LogP contribution in [0.15, 0.2) is 24.3 Å². The minimum Gasteiger partial charge on any atom is -0.479 e. The molecule has 0 fully saturated rings. The van der Waals surface area contributed by atoms with Gasteiger partial charge in [0.05, 0.1) is 0 Å². The summed E-state index contributed by atoms with van der Waals surface area (Å²) < 4.78 is 5.44. The van der Waals surface area contributed by atoms with Crippen molar-refractivity contribution in [2.24, 2.45) is 5.73 Å². The average Bonchev–Trinajstić information content (AvgIpc) is 2.38. The summed E-state index contributed by atoms with van der Waals surface area (Å²) in [5.74, 6) is -0.417. The number of carboxylic acid groups (broad SMARTS) is 1. The number of aliphatic carboxylic acids is 1. The summed E-state index contributed by atoms with van der Waals surface area (Å²) in [7, 11) is 0. The van der Waals surface area contributed by atoms with E-state index in [2.05, 4.69) is 20.8 Å². The normalized spacial score (nSPS) is 13.1. The van der Waals surface area contributed by atoms with Gasteiger partial charge in [-0.1, -0.05) is 32.9 Å².